The summed E-state index contributed by atoms with van der Waals surface area (Å²) in [5.41, 5.74) is 12.1. The maximum Gasteiger partial charge on any atom is 0.209 e. The van der Waals surface area contributed by atoms with Gasteiger partial charge in [-0.15, -0.1) is 11.8 Å². The van der Waals surface area contributed by atoms with Gasteiger partial charge in [0.15, 0.2) is 0 Å². The maximum atomic E-state index is 5.91. The maximum absolute atomic E-state index is 5.91. The van der Waals surface area contributed by atoms with Gasteiger partial charge in [-0.3, -0.25) is 0 Å². The minimum Gasteiger partial charge on any atom is -0.369 e. The van der Waals surface area contributed by atoms with Gasteiger partial charge in [0.2, 0.25) is 5.96 Å². The molecule has 0 radical (unpaired) electrons. The molecular formula is C17H17BrN4S. The second kappa shape index (κ2) is 7.66. The largest absolute Gasteiger partial charge is 0.369 e. The Kier molecular flexibility index (Phi) is 5.35. The van der Waals surface area contributed by atoms with E-state index < -0.39 is 0 Å². The van der Waals surface area contributed by atoms with Gasteiger partial charge < -0.3 is 5.73 Å². The molecule has 1 aliphatic heterocycles. The number of hydrazone groups is 1. The third-order valence-electron chi connectivity index (χ3n) is 3.43. The molecule has 1 heterocycles. The van der Waals surface area contributed by atoms with Crippen molar-refractivity contribution < 1.29 is 0 Å². The van der Waals surface area contributed by atoms with Gasteiger partial charge in [-0.2, -0.15) is 5.10 Å². The van der Waals surface area contributed by atoms with E-state index in [0.717, 1.165) is 33.5 Å². The summed E-state index contributed by atoms with van der Waals surface area (Å²) in [4.78, 5) is 5.56. The summed E-state index contributed by atoms with van der Waals surface area (Å²) in [5.74, 6) is 1.35. The lowest BCUT2D eigenvalue weighted by molar-refractivity contribution is 0.948. The molecule has 1 aliphatic rings. The number of hydrogen-bond acceptors (Lipinski definition) is 3. The average molecular weight is 389 g/mol. The highest BCUT2D eigenvalue weighted by molar-refractivity contribution is 9.10. The number of halogens is 1. The van der Waals surface area contributed by atoms with Crippen molar-refractivity contribution in [3.05, 3.63) is 64.1 Å². The van der Waals surface area contributed by atoms with Crippen LogP contribution in [0.3, 0.4) is 0 Å². The molecule has 118 valence electrons. The summed E-state index contributed by atoms with van der Waals surface area (Å²) >= 11 is 5.37. The minimum absolute atomic E-state index is 0.330. The van der Waals surface area contributed by atoms with Crippen molar-refractivity contribution >= 4 is 39.4 Å². The first kappa shape index (κ1) is 16.1. The number of nitrogens with one attached hydrogen (secondary N) is 1. The molecule has 0 saturated carbocycles. The SMILES string of the molecule is NC(=NCc1ccccc1)N/N=C1/CCSc2ccc(Br)cc21. The summed E-state index contributed by atoms with van der Waals surface area (Å²) in [7, 11) is 0. The van der Waals surface area contributed by atoms with Crippen LogP contribution in [-0.2, 0) is 6.54 Å². The van der Waals surface area contributed by atoms with E-state index in [1.807, 2.05) is 42.1 Å². The van der Waals surface area contributed by atoms with E-state index in [0.29, 0.717) is 12.5 Å². The Labute approximate surface area is 148 Å². The highest BCUT2D eigenvalue weighted by Gasteiger charge is 2.16. The predicted octanol–water partition coefficient (Wildman–Crippen LogP) is 3.75. The molecule has 0 atom stereocenters. The molecule has 2 aromatic carbocycles. The van der Waals surface area contributed by atoms with Crippen molar-refractivity contribution in [3.8, 4) is 0 Å². The van der Waals surface area contributed by atoms with Crippen molar-refractivity contribution in [2.75, 3.05) is 5.75 Å². The van der Waals surface area contributed by atoms with Gasteiger partial charge in [-0.25, -0.2) is 10.4 Å². The Bertz CT molecular complexity index is 744. The fraction of sp³-hybridized carbons (Fsp3) is 0.176. The number of aliphatic imine (C=N–C) groups is 1. The highest BCUT2D eigenvalue weighted by Crippen LogP contribution is 2.32. The topological polar surface area (TPSA) is 62.8 Å². The number of nitrogens with zero attached hydrogens (tertiary/aromatic N) is 2. The molecule has 0 spiro atoms. The first-order valence-corrected chi connectivity index (χ1v) is 9.09. The third-order valence-corrected chi connectivity index (χ3v) is 5.00. The number of nitrogens with two attached hydrogens (primary N) is 1. The fourth-order valence-electron chi connectivity index (χ4n) is 2.28. The number of rotatable bonds is 3. The number of thioether (sulfide) groups is 1. The van der Waals surface area contributed by atoms with Crippen LogP contribution in [0.2, 0.25) is 0 Å². The molecule has 0 saturated heterocycles. The van der Waals surface area contributed by atoms with E-state index in [9.17, 15) is 0 Å². The van der Waals surface area contributed by atoms with E-state index in [4.69, 9.17) is 5.73 Å². The molecule has 0 aromatic heterocycles. The van der Waals surface area contributed by atoms with Gasteiger partial charge in [0, 0.05) is 27.1 Å². The number of hydrogen-bond donors (Lipinski definition) is 2. The van der Waals surface area contributed by atoms with E-state index in [1.54, 1.807) is 0 Å². The van der Waals surface area contributed by atoms with Gasteiger partial charge in [-0.1, -0.05) is 46.3 Å². The normalized spacial score (nSPS) is 16.2. The lowest BCUT2D eigenvalue weighted by atomic mass is 10.1. The summed E-state index contributed by atoms with van der Waals surface area (Å²) < 4.78 is 1.05. The molecule has 0 amide bonds. The van der Waals surface area contributed by atoms with E-state index in [-0.39, 0.29) is 0 Å². The Morgan fingerprint density at radius 2 is 2.04 bits per heavy atom. The molecule has 0 fully saturated rings. The molecule has 6 heteroatoms. The zero-order valence-electron chi connectivity index (χ0n) is 12.5. The van der Waals surface area contributed by atoms with Crippen LogP contribution in [0.1, 0.15) is 17.5 Å². The van der Waals surface area contributed by atoms with E-state index in [1.165, 1.54) is 4.90 Å². The van der Waals surface area contributed by atoms with Crippen molar-refractivity contribution in [3.63, 3.8) is 0 Å². The molecule has 3 N–H and O–H groups in total. The Balaban J connectivity index is 1.70. The van der Waals surface area contributed by atoms with Crippen LogP contribution in [0, 0.1) is 0 Å². The summed E-state index contributed by atoms with van der Waals surface area (Å²) in [6, 6.07) is 16.3. The van der Waals surface area contributed by atoms with Gasteiger partial charge >= 0.3 is 0 Å². The average Bonchev–Trinajstić information content (AvgIpc) is 2.59. The van der Waals surface area contributed by atoms with Gasteiger partial charge in [-0.05, 0) is 23.8 Å². The van der Waals surface area contributed by atoms with Crippen LogP contribution >= 0.6 is 27.7 Å². The van der Waals surface area contributed by atoms with Crippen LogP contribution in [0.25, 0.3) is 0 Å². The second-order valence-corrected chi connectivity index (χ2v) is 7.15. The van der Waals surface area contributed by atoms with Gasteiger partial charge in [0.1, 0.15) is 0 Å². The van der Waals surface area contributed by atoms with Gasteiger partial charge in [0.25, 0.3) is 0 Å². The quantitative estimate of drug-likeness (QED) is 0.478. The van der Waals surface area contributed by atoms with Crippen LogP contribution in [0.5, 0.6) is 0 Å². The van der Waals surface area contributed by atoms with E-state index >= 15 is 0 Å². The van der Waals surface area contributed by atoms with Crippen LogP contribution in [0.15, 0.2) is 68.0 Å². The van der Waals surface area contributed by atoms with Crippen LogP contribution in [-0.4, -0.2) is 17.4 Å². The number of benzene rings is 2. The number of fused-ring (bicyclic) bond motifs is 1. The fourth-order valence-corrected chi connectivity index (χ4v) is 3.65. The third kappa shape index (κ3) is 4.36. The lowest BCUT2D eigenvalue weighted by Gasteiger charge is -2.17. The van der Waals surface area contributed by atoms with Crippen molar-refractivity contribution in [1.82, 2.24) is 5.43 Å². The monoisotopic (exact) mass is 388 g/mol. The molecule has 4 nitrogen and oxygen atoms in total. The zero-order chi connectivity index (χ0) is 16.1. The summed E-state index contributed by atoms with van der Waals surface area (Å²) in [6.45, 7) is 0.544. The molecule has 0 unspecified atom stereocenters. The zero-order valence-corrected chi connectivity index (χ0v) is 14.9. The second-order valence-electron chi connectivity index (χ2n) is 5.10. The molecule has 0 bridgehead atoms. The Morgan fingerprint density at radius 3 is 2.87 bits per heavy atom. The standard InChI is InChI=1S/C17H17BrN4S/c18-13-6-7-16-14(10-13)15(8-9-23-16)21-22-17(19)20-11-12-4-2-1-3-5-12/h1-7,10H,8-9,11H2,(H3,19,20,22)/b21-15-. The molecule has 2 aromatic rings. The van der Waals surface area contributed by atoms with Gasteiger partial charge in [0.05, 0.1) is 12.3 Å². The summed E-state index contributed by atoms with van der Waals surface area (Å²) in [5, 5.41) is 4.45. The van der Waals surface area contributed by atoms with Crippen LogP contribution < -0.4 is 11.2 Å². The Hall–Kier alpha value is -1.79. The first-order valence-electron chi connectivity index (χ1n) is 7.31. The molecular weight excluding hydrogens is 372 g/mol. The molecule has 0 aliphatic carbocycles. The predicted molar refractivity (Wildman–Crippen MR) is 101 cm³/mol. The first-order chi connectivity index (χ1) is 11.2. The molecule has 3 rings (SSSR count). The molecule has 23 heavy (non-hydrogen) atoms. The van der Waals surface area contributed by atoms with Crippen LogP contribution in [0.4, 0.5) is 0 Å². The van der Waals surface area contributed by atoms with Crippen molar-refractivity contribution in [1.29, 1.82) is 0 Å². The van der Waals surface area contributed by atoms with Crippen molar-refractivity contribution in [2.45, 2.75) is 17.9 Å². The Morgan fingerprint density at radius 1 is 1.22 bits per heavy atom. The highest BCUT2D eigenvalue weighted by atomic mass is 79.9. The van der Waals surface area contributed by atoms with Crippen molar-refractivity contribution in [2.24, 2.45) is 15.8 Å². The smallest absolute Gasteiger partial charge is 0.209 e. The number of guanidine groups is 1. The summed E-state index contributed by atoms with van der Waals surface area (Å²) in [6.07, 6.45) is 0.910. The minimum atomic E-state index is 0.330. The van der Waals surface area contributed by atoms with E-state index in [2.05, 4.69) is 49.6 Å². The lowest BCUT2D eigenvalue weighted by Crippen LogP contribution is -2.29.